The lowest BCUT2D eigenvalue weighted by atomic mass is 10.1. The molecule has 0 bridgehead atoms. The second-order valence-electron chi connectivity index (χ2n) is 4.43. The van der Waals surface area contributed by atoms with Crippen LogP contribution in [-0.4, -0.2) is 21.9 Å². The lowest BCUT2D eigenvalue weighted by Crippen LogP contribution is -2.54. The number of rotatable bonds is 3. The second kappa shape index (κ2) is 6.62. The highest BCUT2D eigenvalue weighted by molar-refractivity contribution is 14.1. The predicted octanol–water partition coefficient (Wildman–Crippen LogP) is 3.27. The summed E-state index contributed by atoms with van der Waals surface area (Å²) in [6.45, 7) is 1.73. The Balaban J connectivity index is 2.15. The topological polar surface area (TPSA) is 54.0 Å². The largest absolute Gasteiger partial charge is 0.367 e. The molecule has 0 saturated carbocycles. The zero-order valence-electron chi connectivity index (χ0n) is 10.8. The van der Waals surface area contributed by atoms with Crippen molar-refractivity contribution in [3.05, 3.63) is 50.2 Å². The summed E-state index contributed by atoms with van der Waals surface area (Å²) < 4.78 is 15.0. The van der Waals surface area contributed by atoms with Gasteiger partial charge in [0.05, 0.1) is 6.04 Å². The molecule has 0 spiro atoms. The Kier molecular flexibility index (Phi) is 5.26. The average molecular weight is 487 g/mol. The first-order valence-corrected chi connectivity index (χ1v) is 8.21. The minimum absolute atomic E-state index is 0.0817. The number of halogens is 4. The molecule has 21 heavy (non-hydrogen) atoms. The van der Waals surface area contributed by atoms with Crippen molar-refractivity contribution in [1.82, 2.24) is 15.6 Å². The van der Waals surface area contributed by atoms with E-state index in [-0.39, 0.29) is 5.56 Å². The van der Waals surface area contributed by atoms with Crippen molar-refractivity contribution in [3.63, 3.8) is 0 Å². The zero-order chi connectivity index (χ0) is 15.6. The number of nitrogens with one attached hydrogen (secondary N) is 2. The van der Waals surface area contributed by atoms with Crippen molar-refractivity contribution in [2.24, 2.45) is 0 Å². The molecule has 0 saturated heterocycles. The van der Waals surface area contributed by atoms with E-state index in [0.29, 0.717) is 3.57 Å². The van der Waals surface area contributed by atoms with Gasteiger partial charge in [0, 0.05) is 20.4 Å². The molecule has 4 nitrogen and oxygen atoms in total. The van der Waals surface area contributed by atoms with Gasteiger partial charge in [-0.25, -0.2) is 4.98 Å². The van der Waals surface area contributed by atoms with Gasteiger partial charge >= 0.3 is 0 Å². The third-order valence-corrected chi connectivity index (χ3v) is 4.93. The van der Waals surface area contributed by atoms with Crippen LogP contribution in [0.25, 0.3) is 0 Å². The van der Waals surface area contributed by atoms with E-state index in [9.17, 15) is 9.18 Å². The summed E-state index contributed by atoms with van der Waals surface area (Å²) in [6.07, 6.45) is 6.49. The summed E-state index contributed by atoms with van der Waals surface area (Å²) in [5.41, 5.74) is -0.0817. The molecule has 8 heteroatoms. The van der Waals surface area contributed by atoms with E-state index in [1.54, 1.807) is 31.3 Å². The van der Waals surface area contributed by atoms with Crippen molar-refractivity contribution >= 4 is 56.0 Å². The van der Waals surface area contributed by atoms with Gasteiger partial charge in [-0.15, -0.1) is 0 Å². The van der Waals surface area contributed by atoms with Crippen molar-refractivity contribution in [3.8, 4) is 0 Å². The van der Waals surface area contributed by atoms with Crippen molar-refractivity contribution in [2.45, 2.75) is 18.0 Å². The number of nitrogens with zero attached hydrogens (tertiary/aromatic N) is 1. The van der Waals surface area contributed by atoms with Gasteiger partial charge in [0.15, 0.2) is 5.00 Å². The molecule has 2 unspecified atom stereocenters. The van der Waals surface area contributed by atoms with Crippen molar-refractivity contribution in [2.75, 3.05) is 0 Å². The predicted molar refractivity (Wildman–Crippen MR) is 91.7 cm³/mol. The van der Waals surface area contributed by atoms with Crippen LogP contribution in [0.15, 0.2) is 35.1 Å². The van der Waals surface area contributed by atoms with Crippen LogP contribution in [0.1, 0.15) is 17.3 Å². The third kappa shape index (κ3) is 3.75. The number of pyridine rings is 1. The molecule has 1 aliphatic rings. The number of hydrogen-bond donors (Lipinski definition) is 2. The van der Waals surface area contributed by atoms with Crippen LogP contribution in [0.2, 0.25) is 0 Å². The van der Waals surface area contributed by atoms with E-state index in [0.717, 1.165) is 4.48 Å². The fraction of sp³-hybridized carbons (Fsp3) is 0.231. The number of dihydropyridines is 1. The Labute approximate surface area is 148 Å². The quantitative estimate of drug-likeness (QED) is 0.299. The third-order valence-electron chi connectivity index (χ3n) is 2.98. The number of hydrogen-bond acceptors (Lipinski definition) is 3. The first-order valence-electron chi connectivity index (χ1n) is 5.96. The Morgan fingerprint density at radius 2 is 2.38 bits per heavy atom. The SMILES string of the molecule is CC(NC(=O)c1c(I)ccnc1F)C1(Cl)C=CC(Br)=CN1. The molecule has 0 aromatic carbocycles. The Hall–Kier alpha value is -0.670. The van der Waals surface area contributed by atoms with E-state index in [2.05, 4.69) is 31.5 Å². The monoisotopic (exact) mass is 485 g/mol. The lowest BCUT2D eigenvalue weighted by molar-refractivity contribution is 0.0926. The summed E-state index contributed by atoms with van der Waals surface area (Å²) in [5, 5.41) is 5.66. The van der Waals surface area contributed by atoms with Crippen LogP contribution in [-0.2, 0) is 0 Å². The summed E-state index contributed by atoms with van der Waals surface area (Å²) in [6, 6.07) is 1.09. The first kappa shape index (κ1) is 16.7. The van der Waals surface area contributed by atoms with Gasteiger partial charge in [0.25, 0.3) is 5.91 Å². The number of amides is 1. The zero-order valence-corrected chi connectivity index (χ0v) is 15.3. The van der Waals surface area contributed by atoms with Gasteiger partial charge < -0.3 is 10.6 Å². The second-order valence-corrected chi connectivity index (χ2v) is 7.13. The standard InChI is InChI=1S/C13H11BrClFIN3O/c1-7(13(15)4-2-8(14)6-19-13)20-12(21)10-9(17)3-5-18-11(10)16/h2-7,19H,1H3,(H,20,21). The Morgan fingerprint density at radius 1 is 1.67 bits per heavy atom. The highest BCUT2D eigenvalue weighted by Gasteiger charge is 2.34. The molecule has 2 heterocycles. The minimum Gasteiger partial charge on any atom is -0.367 e. The van der Waals surface area contributed by atoms with E-state index in [1.807, 2.05) is 22.6 Å². The maximum Gasteiger partial charge on any atom is 0.257 e. The molecule has 1 aromatic heterocycles. The molecule has 112 valence electrons. The van der Waals surface area contributed by atoms with Gasteiger partial charge in [0.2, 0.25) is 5.95 Å². The number of allylic oxidation sites excluding steroid dienone is 2. The van der Waals surface area contributed by atoms with Crippen LogP contribution >= 0.6 is 50.1 Å². The molecular weight excluding hydrogens is 475 g/mol. The fourth-order valence-corrected chi connectivity index (χ4v) is 2.78. The van der Waals surface area contributed by atoms with Crippen LogP contribution in [0, 0.1) is 9.52 Å². The van der Waals surface area contributed by atoms with Crippen LogP contribution in [0.3, 0.4) is 0 Å². The summed E-state index contributed by atoms with van der Waals surface area (Å²) in [4.78, 5) is 14.7. The molecule has 0 fully saturated rings. The molecule has 2 rings (SSSR count). The maximum atomic E-state index is 13.7. The molecule has 2 N–H and O–H groups in total. The van der Waals surface area contributed by atoms with E-state index < -0.39 is 22.9 Å². The van der Waals surface area contributed by atoms with Gasteiger partial charge in [-0.1, -0.05) is 11.6 Å². The molecule has 0 aliphatic carbocycles. The summed E-state index contributed by atoms with van der Waals surface area (Å²) >= 11 is 11.6. The molecule has 0 radical (unpaired) electrons. The number of alkyl halides is 1. The molecule has 1 amide bonds. The van der Waals surface area contributed by atoms with Crippen molar-refractivity contribution < 1.29 is 9.18 Å². The van der Waals surface area contributed by atoms with Crippen molar-refractivity contribution in [1.29, 1.82) is 0 Å². The molecule has 1 aliphatic heterocycles. The van der Waals surface area contributed by atoms with Gasteiger partial charge in [-0.2, -0.15) is 4.39 Å². The average Bonchev–Trinajstić information content (AvgIpc) is 2.42. The number of aromatic nitrogens is 1. The van der Waals surface area contributed by atoms with Crippen LogP contribution in [0.5, 0.6) is 0 Å². The van der Waals surface area contributed by atoms with E-state index >= 15 is 0 Å². The van der Waals surface area contributed by atoms with Crippen LogP contribution in [0.4, 0.5) is 4.39 Å². The normalized spacial score (nSPS) is 22.2. The highest BCUT2D eigenvalue weighted by Crippen LogP contribution is 2.25. The maximum absolute atomic E-state index is 13.7. The molecule has 1 aromatic rings. The Bertz CT molecular complexity index is 620. The Morgan fingerprint density at radius 3 is 2.95 bits per heavy atom. The van der Waals surface area contributed by atoms with Gasteiger partial charge in [0.1, 0.15) is 5.56 Å². The number of carbonyl (C=O) groups is 1. The summed E-state index contributed by atoms with van der Waals surface area (Å²) in [7, 11) is 0. The smallest absolute Gasteiger partial charge is 0.257 e. The van der Waals surface area contributed by atoms with E-state index in [1.165, 1.54) is 6.20 Å². The van der Waals surface area contributed by atoms with E-state index in [4.69, 9.17) is 11.6 Å². The first-order chi connectivity index (χ1) is 9.83. The molecule has 2 atom stereocenters. The lowest BCUT2D eigenvalue weighted by Gasteiger charge is -2.33. The fourth-order valence-electron chi connectivity index (χ4n) is 1.74. The minimum atomic E-state index is -0.975. The van der Waals surface area contributed by atoms with Gasteiger partial charge in [-0.3, -0.25) is 4.79 Å². The molecular formula is C13H11BrClFIN3O. The number of carbonyl (C=O) groups excluding carboxylic acids is 1. The highest BCUT2D eigenvalue weighted by atomic mass is 127. The van der Waals surface area contributed by atoms with Gasteiger partial charge in [-0.05, 0) is 63.7 Å². The summed E-state index contributed by atoms with van der Waals surface area (Å²) in [5.74, 6) is -1.36. The van der Waals surface area contributed by atoms with Crippen LogP contribution < -0.4 is 10.6 Å².